The topological polar surface area (TPSA) is 29.9 Å². The third-order valence-corrected chi connectivity index (χ3v) is 5.16. The van der Waals surface area contributed by atoms with Crippen LogP contribution in [0.3, 0.4) is 0 Å². The third kappa shape index (κ3) is 1.72. The molecule has 1 saturated heterocycles. The summed E-state index contributed by atoms with van der Waals surface area (Å²) in [7, 11) is 0. The third-order valence-electron chi connectivity index (χ3n) is 5.16. The molecule has 2 heterocycles. The number of benzene rings is 1. The van der Waals surface area contributed by atoms with Gasteiger partial charge in [-0.3, -0.25) is 0 Å². The molecule has 3 atom stereocenters. The van der Waals surface area contributed by atoms with Crippen LogP contribution < -0.4 is 5.32 Å². The van der Waals surface area contributed by atoms with Gasteiger partial charge in [-0.15, -0.1) is 0 Å². The molecule has 1 N–H and O–H groups in total. The van der Waals surface area contributed by atoms with E-state index in [0.29, 0.717) is 12.1 Å². The SMILES string of the molecule is CC(C)n1c(C2NCC3CCCC32)nc2ccccc21. The Balaban J connectivity index is 1.84. The van der Waals surface area contributed by atoms with Crippen molar-refractivity contribution in [3.8, 4) is 0 Å². The van der Waals surface area contributed by atoms with E-state index < -0.39 is 0 Å². The first-order valence-electron chi connectivity index (χ1n) is 7.96. The van der Waals surface area contributed by atoms with Gasteiger partial charge in [0.25, 0.3) is 0 Å². The van der Waals surface area contributed by atoms with Crippen LogP contribution in [0.1, 0.15) is 51.0 Å². The van der Waals surface area contributed by atoms with Crippen LogP contribution in [-0.4, -0.2) is 16.1 Å². The van der Waals surface area contributed by atoms with E-state index in [1.54, 1.807) is 0 Å². The molecular formula is C17H23N3. The Bertz CT molecular complexity index is 628. The summed E-state index contributed by atoms with van der Waals surface area (Å²) in [6, 6.07) is 9.46. The number of imidazole rings is 1. The molecule has 4 rings (SSSR count). The van der Waals surface area contributed by atoms with Gasteiger partial charge in [-0.05, 0) is 57.2 Å². The Morgan fingerprint density at radius 1 is 1.25 bits per heavy atom. The summed E-state index contributed by atoms with van der Waals surface area (Å²) in [5.41, 5.74) is 2.42. The lowest BCUT2D eigenvalue weighted by molar-refractivity contribution is 0.391. The average Bonchev–Trinajstić information content (AvgIpc) is 3.10. The summed E-state index contributed by atoms with van der Waals surface area (Å²) in [5.74, 6) is 2.93. The van der Waals surface area contributed by atoms with Gasteiger partial charge in [0.15, 0.2) is 0 Å². The quantitative estimate of drug-likeness (QED) is 0.901. The highest BCUT2D eigenvalue weighted by Crippen LogP contribution is 2.44. The Labute approximate surface area is 120 Å². The monoisotopic (exact) mass is 269 g/mol. The summed E-state index contributed by atoms with van der Waals surface area (Å²) >= 11 is 0. The fraction of sp³-hybridized carbons (Fsp3) is 0.588. The van der Waals surface area contributed by atoms with Crippen LogP contribution in [0.25, 0.3) is 11.0 Å². The first-order valence-corrected chi connectivity index (χ1v) is 7.96. The maximum absolute atomic E-state index is 4.98. The van der Waals surface area contributed by atoms with E-state index in [1.165, 1.54) is 37.1 Å². The number of fused-ring (bicyclic) bond motifs is 2. The normalized spacial score (nSPS) is 29.4. The van der Waals surface area contributed by atoms with E-state index in [0.717, 1.165) is 17.4 Å². The highest BCUT2D eigenvalue weighted by molar-refractivity contribution is 5.76. The lowest BCUT2D eigenvalue weighted by atomic mass is 9.93. The molecule has 20 heavy (non-hydrogen) atoms. The van der Waals surface area contributed by atoms with Crippen molar-refractivity contribution in [1.82, 2.24) is 14.9 Å². The molecule has 0 amide bonds. The fourth-order valence-corrected chi connectivity index (χ4v) is 4.30. The molecule has 1 aliphatic carbocycles. The first kappa shape index (κ1) is 12.4. The second-order valence-electron chi connectivity index (χ2n) is 6.66. The van der Waals surface area contributed by atoms with Gasteiger partial charge in [-0.1, -0.05) is 18.6 Å². The maximum Gasteiger partial charge on any atom is 0.127 e. The zero-order valence-corrected chi connectivity index (χ0v) is 12.3. The maximum atomic E-state index is 4.98. The van der Waals surface area contributed by atoms with Gasteiger partial charge in [0.1, 0.15) is 5.82 Å². The van der Waals surface area contributed by atoms with E-state index in [2.05, 4.69) is 48.0 Å². The second-order valence-corrected chi connectivity index (χ2v) is 6.66. The predicted octanol–water partition coefficient (Wildman–Crippen LogP) is 3.68. The lowest BCUT2D eigenvalue weighted by Crippen LogP contribution is -2.23. The second kappa shape index (κ2) is 4.59. The molecule has 2 aliphatic rings. The summed E-state index contributed by atoms with van der Waals surface area (Å²) in [6.45, 7) is 5.70. The van der Waals surface area contributed by atoms with Gasteiger partial charge in [0.2, 0.25) is 0 Å². The molecule has 1 aromatic heterocycles. The van der Waals surface area contributed by atoms with Gasteiger partial charge in [0, 0.05) is 6.04 Å². The van der Waals surface area contributed by atoms with E-state index in [4.69, 9.17) is 4.98 Å². The van der Waals surface area contributed by atoms with Gasteiger partial charge in [0.05, 0.1) is 17.1 Å². The van der Waals surface area contributed by atoms with Gasteiger partial charge >= 0.3 is 0 Å². The van der Waals surface area contributed by atoms with E-state index in [9.17, 15) is 0 Å². The molecule has 1 saturated carbocycles. The molecular weight excluding hydrogens is 246 g/mol. The molecule has 2 fully saturated rings. The van der Waals surface area contributed by atoms with Crippen molar-refractivity contribution in [3.05, 3.63) is 30.1 Å². The largest absolute Gasteiger partial charge is 0.324 e. The summed E-state index contributed by atoms with van der Waals surface area (Å²) in [5, 5.41) is 3.75. The summed E-state index contributed by atoms with van der Waals surface area (Å²) < 4.78 is 2.44. The van der Waals surface area contributed by atoms with Crippen molar-refractivity contribution < 1.29 is 0 Å². The number of hydrogen-bond acceptors (Lipinski definition) is 2. The molecule has 1 aromatic carbocycles. The Morgan fingerprint density at radius 2 is 2.10 bits per heavy atom. The molecule has 2 aromatic rings. The Hall–Kier alpha value is -1.35. The number of para-hydroxylation sites is 2. The van der Waals surface area contributed by atoms with Crippen LogP contribution in [0.4, 0.5) is 0 Å². The van der Waals surface area contributed by atoms with Crippen LogP contribution >= 0.6 is 0 Å². The number of aromatic nitrogens is 2. The van der Waals surface area contributed by atoms with Gasteiger partial charge < -0.3 is 9.88 Å². The smallest absolute Gasteiger partial charge is 0.127 e. The van der Waals surface area contributed by atoms with Crippen molar-refractivity contribution in [2.24, 2.45) is 11.8 Å². The molecule has 0 bridgehead atoms. The first-order chi connectivity index (χ1) is 9.75. The molecule has 106 valence electrons. The van der Waals surface area contributed by atoms with Crippen LogP contribution in [-0.2, 0) is 0 Å². The minimum Gasteiger partial charge on any atom is -0.324 e. The zero-order valence-electron chi connectivity index (χ0n) is 12.3. The van der Waals surface area contributed by atoms with Crippen molar-refractivity contribution in [3.63, 3.8) is 0 Å². The Kier molecular flexibility index (Phi) is 2.84. The molecule has 3 unspecified atom stereocenters. The van der Waals surface area contributed by atoms with Crippen LogP contribution in [0.5, 0.6) is 0 Å². The highest BCUT2D eigenvalue weighted by atomic mass is 15.2. The minimum atomic E-state index is 0.456. The van der Waals surface area contributed by atoms with Crippen LogP contribution in [0.15, 0.2) is 24.3 Å². The van der Waals surface area contributed by atoms with Gasteiger partial charge in [-0.2, -0.15) is 0 Å². The lowest BCUT2D eigenvalue weighted by Gasteiger charge is -2.21. The van der Waals surface area contributed by atoms with E-state index in [1.807, 2.05) is 0 Å². The molecule has 3 nitrogen and oxygen atoms in total. The van der Waals surface area contributed by atoms with E-state index >= 15 is 0 Å². The minimum absolute atomic E-state index is 0.456. The average molecular weight is 269 g/mol. The summed E-state index contributed by atoms with van der Waals surface area (Å²) in [4.78, 5) is 4.98. The van der Waals surface area contributed by atoms with E-state index in [-0.39, 0.29) is 0 Å². The standard InChI is InChI=1S/C17H23N3/c1-11(2)20-15-9-4-3-8-14(15)19-17(20)16-13-7-5-6-12(13)10-18-16/h3-4,8-9,11-13,16,18H,5-7,10H2,1-2H3. The zero-order chi connectivity index (χ0) is 13.7. The number of hydrogen-bond donors (Lipinski definition) is 1. The summed E-state index contributed by atoms with van der Waals surface area (Å²) in [6.07, 6.45) is 4.16. The van der Waals surface area contributed by atoms with Crippen molar-refractivity contribution >= 4 is 11.0 Å². The van der Waals surface area contributed by atoms with Gasteiger partial charge in [-0.25, -0.2) is 4.98 Å². The molecule has 0 radical (unpaired) electrons. The number of nitrogens with one attached hydrogen (secondary N) is 1. The van der Waals surface area contributed by atoms with Crippen molar-refractivity contribution in [2.75, 3.05) is 6.54 Å². The van der Waals surface area contributed by atoms with Crippen molar-refractivity contribution in [2.45, 2.75) is 45.2 Å². The highest BCUT2D eigenvalue weighted by Gasteiger charge is 2.41. The Morgan fingerprint density at radius 3 is 2.95 bits per heavy atom. The van der Waals surface area contributed by atoms with Crippen LogP contribution in [0.2, 0.25) is 0 Å². The van der Waals surface area contributed by atoms with Crippen LogP contribution in [0, 0.1) is 11.8 Å². The van der Waals surface area contributed by atoms with Crippen molar-refractivity contribution in [1.29, 1.82) is 0 Å². The molecule has 0 spiro atoms. The predicted molar refractivity (Wildman–Crippen MR) is 81.7 cm³/mol. The number of rotatable bonds is 2. The number of nitrogens with zero attached hydrogens (tertiary/aromatic N) is 2. The fourth-order valence-electron chi connectivity index (χ4n) is 4.30. The molecule has 3 heteroatoms. The molecule has 1 aliphatic heterocycles.